The van der Waals surface area contributed by atoms with E-state index < -0.39 is 11.2 Å². The Bertz CT molecular complexity index is 1310. The largest absolute Gasteiger partial charge is 0.349 e. The van der Waals surface area contributed by atoms with Gasteiger partial charge in [0, 0.05) is 26.5 Å². The van der Waals surface area contributed by atoms with Crippen LogP contribution in [0.25, 0.3) is 16.9 Å². The normalized spacial score (nSPS) is 11.1. The number of rotatable bonds is 5. The lowest BCUT2D eigenvalue weighted by Gasteiger charge is -2.07. The third-order valence-corrected chi connectivity index (χ3v) is 4.47. The first kappa shape index (κ1) is 18.3. The summed E-state index contributed by atoms with van der Waals surface area (Å²) in [7, 11) is 2.90. The molecule has 0 aliphatic heterocycles. The van der Waals surface area contributed by atoms with Crippen molar-refractivity contribution in [2.24, 2.45) is 14.1 Å². The fraction of sp³-hybridized carbons (Fsp3) is 0.235. The molecule has 0 atom stereocenters. The van der Waals surface area contributed by atoms with Crippen molar-refractivity contribution >= 4 is 17.1 Å². The lowest BCUT2D eigenvalue weighted by Crippen LogP contribution is -2.38. The van der Waals surface area contributed by atoms with Gasteiger partial charge in [0.15, 0.2) is 11.2 Å². The number of fused-ring (bicyclic) bond motifs is 1. The van der Waals surface area contributed by atoms with E-state index in [1.165, 1.54) is 29.6 Å². The van der Waals surface area contributed by atoms with Crippen molar-refractivity contribution in [1.29, 1.82) is 0 Å². The second kappa shape index (κ2) is 7.14. The van der Waals surface area contributed by atoms with E-state index in [4.69, 9.17) is 0 Å². The van der Waals surface area contributed by atoms with Crippen LogP contribution in [0.5, 0.6) is 0 Å². The molecule has 4 aromatic heterocycles. The molecule has 0 bridgehead atoms. The van der Waals surface area contributed by atoms with Crippen LogP contribution in [0.15, 0.2) is 46.6 Å². The Hall–Kier alpha value is -4.09. The number of imidazole rings is 1. The highest BCUT2D eigenvalue weighted by molar-refractivity contribution is 5.78. The van der Waals surface area contributed by atoms with Gasteiger partial charge < -0.3 is 9.88 Å². The summed E-state index contributed by atoms with van der Waals surface area (Å²) >= 11 is 0. The number of carbonyl (C=O) groups is 1. The maximum absolute atomic E-state index is 12.4. The minimum Gasteiger partial charge on any atom is -0.349 e. The Kier molecular flexibility index (Phi) is 4.50. The zero-order valence-corrected chi connectivity index (χ0v) is 15.7. The number of amides is 1. The van der Waals surface area contributed by atoms with Gasteiger partial charge in [-0.25, -0.2) is 14.5 Å². The van der Waals surface area contributed by atoms with Crippen molar-refractivity contribution in [3.8, 4) is 5.69 Å². The first-order chi connectivity index (χ1) is 14.0. The second-order valence-corrected chi connectivity index (χ2v) is 6.39. The Labute approximate surface area is 163 Å². The molecule has 0 saturated carbocycles. The molecule has 0 aromatic carbocycles. The van der Waals surface area contributed by atoms with Crippen LogP contribution in [0.4, 0.5) is 0 Å². The summed E-state index contributed by atoms with van der Waals surface area (Å²) in [5.74, 6) is -0.335. The van der Waals surface area contributed by atoms with Crippen LogP contribution in [-0.4, -0.2) is 44.6 Å². The van der Waals surface area contributed by atoms with Gasteiger partial charge in [-0.05, 0) is 12.1 Å². The van der Waals surface area contributed by atoms with Crippen LogP contribution < -0.4 is 16.6 Å². The highest BCUT2D eigenvalue weighted by Gasteiger charge is 2.16. The van der Waals surface area contributed by atoms with Crippen LogP contribution in [0.3, 0.4) is 0 Å². The van der Waals surface area contributed by atoms with E-state index in [0.29, 0.717) is 5.69 Å². The Morgan fingerprint density at radius 3 is 2.66 bits per heavy atom. The van der Waals surface area contributed by atoms with E-state index in [2.05, 4.69) is 25.6 Å². The van der Waals surface area contributed by atoms with Gasteiger partial charge >= 0.3 is 5.69 Å². The molecule has 0 spiro atoms. The van der Waals surface area contributed by atoms with Crippen LogP contribution in [0, 0.1) is 0 Å². The lowest BCUT2D eigenvalue weighted by atomic mass is 10.4. The molecular formula is C17H17N9O3. The minimum atomic E-state index is -0.506. The SMILES string of the molecule is Cn1c(=O)c2c(ncn2CC(=O)NCc2cn(-c3ccncc3)nn2)n(C)c1=O. The number of carbonyl (C=O) groups excluding carboxylic acids is 1. The number of hydrogen-bond acceptors (Lipinski definition) is 7. The maximum atomic E-state index is 12.4. The molecular weight excluding hydrogens is 378 g/mol. The Morgan fingerprint density at radius 1 is 1.14 bits per heavy atom. The van der Waals surface area contributed by atoms with Gasteiger partial charge in [-0.2, -0.15) is 0 Å². The minimum absolute atomic E-state index is 0.123. The average molecular weight is 395 g/mol. The molecule has 12 nitrogen and oxygen atoms in total. The molecule has 148 valence electrons. The van der Waals surface area contributed by atoms with Crippen molar-refractivity contribution < 1.29 is 4.79 Å². The summed E-state index contributed by atoms with van der Waals surface area (Å²) in [5.41, 5.74) is 0.808. The second-order valence-electron chi connectivity index (χ2n) is 6.39. The van der Waals surface area contributed by atoms with Crippen molar-refractivity contribution in [3.05, 3.63) is 63.6 Å². The van der Waals surface area contributed by atoms with Gasteiger partial charge in [0.2, 0.25) is 5.91 Å². The number of hydrogen-bond donors (Lipinski definition) is 1. The molecule has 4 aromatic rings. The zero-order valence-electron chi connectivity index (χ0n) is 15.7. The topological polar surface area (TPSA) is 135 Å². The number of aromatic nitrogens is 8. The van der Waals surface area contributed by atoms with Gasteiger partial charge in [0.05, 0.1) is 24.8 Å². The summed E-state index contributed by atoms with van der Waals surface area (Å²) < 4.78 is 5.25. The van der Waals surface area contributed by atoms with Gasteiger partial charge in [-0.15, -0.1) is 5.10 Å². The van der Waals surface area contributed by atoms with Crippen molar-refractivity contribution in [2.75, 3.05) is 0 Å². The van der Waals surface area contributed by atoms with Gasteiger partial charge in [0.1, 0.15) is 12.2 Å². The summed E-state index contributed by atoms with van der Waals surface area (Å²) in [6, 6.07) is 3.57. The van der Waals surface area contributed by atoms with E-state index in [-0.39, 0.29) is 30.2 Å². The van der Waals surface area contributed by atoms with Crippen molar-refractivity contribution in [1.82, 2.24) is 44.0 Å². The van der Waals surface area contributed by atoms with Crippen molar-refractivity contribution in [3.63, 3.8) is 0 Å². The van der Waals surface area contributed by atoms with Crippen molar-refractivity contribution in [2.45, 2.75) is 13.1 Å². The fourth-order valence-corrected chi connectivity index (χ4v) is 2.92. The predicted octanol–water partition coefficient (Wildman–Crippen LogP) is -1.27. The van der Waals surface area contributed by atoms with Crippen LogP contribution in [0.1, 0.15) is 5.69 Å². The standard InChI is InChI=1S/C17H17N9O3/c1-23-15-14(16(28)24(2)17(23)29)25(10-20-15)9-13(27)19-7-11-8-26(22-21-11)12-3-5-18-6-4-12/h3-6,8,10H,7,9H2,1-2H3,(H,19,27). The molecule has 0 fully saturated rings. The summed E-state index contributed by atoms with van der Waals surface area (Å²) in [5, 5.41) is 10.8. The summed E-state index contributed by atoms with van der Waals surface area (Å²) in [6.07, 6.45) is 6.36. The monoisotopic (exact) mass is 395 g/mol. The molecule has 4 rings (SSSR count). The number of nitrogens with zero attached hydrogens (tertiary/aromatic N) is 8. The molecule has 1 amide bonds. The van der Waals surface area contributed by atoms with E-state index in [0.717, 1.165) is 10.3 Å². The van der Waals surface area contributed by atoms with E-state index in [1.807, 2.05) is 0 Å². The van der Waals surface area contributed by atoms with Crippen LogP contribution >= 0.6 is 0 Å². The molecule has 1 N–H and O–H groups in total. The quantitative estimate of drug-likeness (QED) is 0.445. The number of aryl methyl sites for hydroxylation is 1. The van der Waals surface area contributed by atoms with Gasteiger partial charge in [-0.1, -0.05) is 5.21 Å². The molecule has 4 heterocycles. The number of nitrogens with one attached hydrogen (secondary N) is 1. The molecule has 0 saturated heterocycles. The summed E-state index contributed by atoms with van der Waals surface area (Å²) in [6.45, 7) is 0.0511. The summed E-state index contributed by atoms with van der Waals surface area (Å²) in [4.78, 5) is 44.8. The van der Waals surface area contributed by atoms with E-state index >= 15 is 0 Å². The highest BCUT2D eigenvalue weighted by Crippen LogP contribution is 2.06. The third kappa shape index (κ3) is 3.31. The molecule has 12 heteroatoms. The van der Waals surface area contributed by atoms with Gasteiger partial charge in [-0.3, -0.25) is 23.7 Å². The van der Waals surface area contributed by atoms with Crippen LogP contribution in [0.2, 0.25) is 0 Å². The zero-order chi connectivity index (χ0) is 20.5. The predicted molar refractivity (Wildman–Crippen MR) is 101 cm³/mol. The molecule has 29 heavy (non-hydrogen) atoms. The third-order valence-electron chi connectivity index (χ3n) is 4.47. The Morgan fingerprint density at radius 2 is 1.90 bits per heavy atom. The molecule has 0 radical (unpaired) electrons. The Balaban J connectivity index is 1.48. The maximum Gasteiger partial charge on any atom is 0.332 e. The number of pyridine rings is 1. The average Bonchev–Trinajstić information content (AvgIpc) is 3.37. The molecule has 0 aliphatic rings. The fourth-order valence-electron chi connectivity index (χ4n) is 2.92. The first-order valence-corrected chi connectivity index (χ1v) is 8.65. The first-order valence-electron chi connectivity index (χ1n) is 8.65. The van der Waals surface area contributed by atoms with E-state index in [1.54, 1.807) is 35.4 Å². The van der Waals surface area contributed by atoms with E-state index in [9.17, 15) is 14.4 Å². The smallest absolute Gasteiger partial charge is 0.332 e. The lowest BCUT2D eigenvalue weighted by molar-refractivity contribution is -0.121. The van der Waals surface area contributed by atoms with Gasteiger partial charge in [0.25, 0.3) is 5.56 Å². The molecule has 0 unspecified atom stereocenters. The molecule has 0 aliphatic carbocycles. The highest BCUT2D eigenvalue weighted by atomic mass is 16.2. The van der Waals surface area contributed by atoms with Crippen LogP contribution in [-0.2, 0) is 32.0 Å².